The summed E-state index contributed by atoms with van der Waals surface area (Å²) in [6, 6.07) is 8.97. The monoisotopic (exact) mass is 446 g/mol. The summed E-state index contributed by atoms with van der Waals surface area (Å²) in [5, 5.41) is 12.0. The Balaban J connectivity index is 1.55. The number of nitrogens with one attached hydrogen (secondary N) is 1. The SMILES string of the molecule is CCC1(OC)C=C(NC(=O)CN2C(=O)C(c3ccc(C#N)cc3)=NC23CCCCC3)C=CC1. The molecule has 1 aromatic rings. The Morgan fingerprint density at radius 3 is 2.61 bits per heavy atom. The van der Waals surface area contributed by atoms with Gasteiger partial charge < -0.3 is 15.0 Å². The van der Waals surface area contributed by atoms with Crippen LogP contribution in [0.25, 0.3) is 0 Å². The lowest BCUT2D eigenvalue weighted by molar-refractivity contribution is -0.135. The Morgan fingerprint density at radius 1 is 1.24 bits per heavy atom. The number of amides is 2. The molecule has 3 aliphatic rings. The van der Waals surface area contributed by atoms with Gasteiger partial charge >= 0.3 is 0 Å². The van der Waals surface area contributed by atoms with Gasteiger partial charge in [0.05, 0.1) is 17.2 Å². The maximum Gasteiger partial charge on any atom is 0.275 e. The van der Waals surface area contributed by atoms with Gasteiger partial charge in [0.2, 0.25) is 5.91 Å². The van der Waals surface area contributed by atoms with E-state index < -0.39 is 11.3 Å². The number of allylic oxidation sites excluding steroid dienone is 1. The van der Waals surface area contributed by atoms with Gasteiger partial charge in [0.15, 0.2) is 0 Å². The fraction of sp³-hybridized carbons (Fsp3) is 0.462. The van der Waals surface area contributed by atoms with Crippen molar-refractivity contribution < 1.29 is 14.3 Å². The molecule has 1 atom stereocenters. The van der Waals surface area contributed by atoms with E-state index in [9.17, 15) is 9.59 Å². The standard InChI is InChI=1S/C26H30N4O3/c1-3-25(33-2)13-7-8-21(16-25)28-22(31)18-30-24(32)23(20-11-9-19(17-27)10-12-20)29-26(30)14-5-4-6-15-26/h7-12,16H,3-6,13-15,18H2,1-2H3,(H,28,31). The molecule has 1 heterocycles. The lowest BCUT2D eigenvalue weighted by atomic mass is 9.88. The largest absolute Gasteiger partial charge is 0.374 e. The van der Waals surface area contributed by atoms with Gasteiger partial charge in [0, 0.05) is 18.4 Å². The maximum atomic E-state index is 13.5. The Labute approximate surface area is 194 Å². The van der Waals surface area contributed by atoms with Crippen LogP contribution >= 0.6 is 0 Å². The number of aliphatic imine (C=N–C) groups is 1. The highest BCUT2D eigenvalue weighted by Crippen LogP contribution is 2.39. The smallest absolute Gasteiger partial charge is 0.275 e. The van der Waals surface area contributed by atoms with E-state index in [0.29, 0.717) is 22.5 Å². The first-order chi connectivity index (χ1) is 15.9. The van der Waals surface area contributed by atoms with Gasteiger partial charge in [-0.2, -0.15) is 5.26 Å². The summed E-state index contributed by atoms with van der Waals surface area (Å²) in [6.45, 7) is 2.00. The van der Waals surface area contributed by atoms with Crippen molar-refractivity contribution in [2.75, 3.05) is 13.7 Å². The fourth-order valence-electron chi connectivity index (χ4n) is 4.97. The van der Waals surface area contributed by atoms with Crippen LogP contribution in [-0.4, -0.2) is 47.3 Å². The van der Waals surface area contributed by atoms with Gasteiger partial charge in [0.1, 0.15) is 17.9 Å². The Hall–Kier alpha value is -3.24. The van der Waals surface area contributed by atoms with Crippen LogP contribution in [0.5, 0.6) is 0 Å². The first-order valence-corrected chi connectivity index (χ1v) is 11.6. The number of carbonyl (C=O) groups excluding carboxylic acids is 2. The summed E-state index contributed by atoms with van der Waals surface area (Å²) >= 11 is 0. The molecule has 2 amide bonds. The minimum Gasteiger partial charge on any atom is -0.374 e. The molecule has 0 saturated heterocycles. The highest BCUT2D eigenvalue weighted by molar-refractivity contribution is 6.47. The number of nitrogens with zero attached hydrogens (tertiary/aromatic N) is 3. The van der Waals surface area contributed by atoms with E-state index in [1.807, 2.05) is 18.2 Å². The molecule has 1 fully saturated rings. The zero-order chi connectivity index (χ0) is 23.5. The lowest BCUT2D eigenvalue weighted by Gasteiger charge is -2.39. The molecule has 1 N–H and O–H groups in total. The zero-order valence-electron chi connectivity index (χ0n) is 19.3. The van der Waals surface area contributed by atoms with Gasteiger partial charge in [-0.1, -0.05) is 31.6 Å². The van der Waals surface area contributed by atoms with Crippen LogP contribution in [-0.2, 0) is 14.3 Å². The van der Waals surface area contributed by atoms with Crippen molar-refractivity contribution in [1.29, 1.82) is 5.26 Å². The van der Waals surface area contributed by atoms with Crippen LogP contribution in [0, 0.1) is 11.3 Å². The lowest BCUT2D eigenvalue weighted by Crippen LogP contribution is -2.52. The average molecular weight is 447 g/mol. The minimum atomic E-state index is -0.674. The topological polar surface area (TPSA) is 94.8 Å². The second kappa shape index (κ2) is 9.32. The molecule has 2 aliphatic carbocycles. The molecule has 7 nitrogen and oxygen atoms in total. The molecule has 4 rings (SSSR count). The predicted octanol–water partition coefficient (Wildman–Crippen LogP) is 3.61. The van der Waals surface area contributed by atoms with E-state index in [0.717, 1.165) is 44.9 Å². The Kier molecular flexibility index (Phi) is 6.48. The molecule has 172 valence electrons. The maximum absolute atomic E-state index is 13.5. The van der Waals surface area contributed by atoms with Crippen LogP contribution in [0.4, 0.5) is 0 Å². The average Bonchev–Trinajstić information content (AvgIpc) is 3.10. The van der Waals surface area contributed by atoms with Crippen LogP contribution < -0.4 is 5.32 Å². The summed E-state index contributed by atoms with van der Waals surface area (Å²) in [5.74, 6) is -0.479. The molecular weight excluding hydrogens is 416 g/mol. The zero-order valence-corrected chi connectivity index (χ0v) is 19.3. The summed E-state index contributed by atoms with van der Waals surface area (Å²) < 4.78 is 5.68. The second-order valence-corrected chi connectivity index (χ2v) is 8.96. The summed E-state index contributed by atoms with van der Waals surface area (Å²) in [5.41, 5.74) is 1.17. The van der Waals surface area contributed by atoms with Crippen molar-refractivity contribution in [2.45, 2.75) is 63.1 Å². The molecule has 1 unspecified atom stereocenters. The number of hydrogen-bond donors (Lipinski definition) is 1. The highest BCUT2D eigenvalue weighted by Gasteiger charge is 2.48. The fourth-order valence-corrected chi connectivity index (χ4v) is 4.97. The molecule has 1 aliphatic heterocycles. The number of ether oxygens (including phenoxy) is 1. The first kappa shape index (κ1) is 22.9. The molecule has 0 aromatic heterocycles. The van der Waals surface area contributed by atoms with Gasteiger partial charge in [-0.3, -0.25) is 14.6 Å². The molecule has 1 aromatic carbocycles. The van der Waals surface area contributed by atoms with E-state index in [2.05, 4.69) is 18.3 Å². The Bertz CT molecular complexity index is 1050. The predicted molar refractivity (Wildman–Crippen MR) is 125 cm³/mol. The van der Waals surface area contributed by atoms with E-state index in [1.165, 1.54) is 0 Å². The molecule has 0 bridgehead atoms. The number of methoxy groups -OCH3 is 1. The van der Waals surface area contributed by atoms with Gasteiger partial charge in [-0.25, -0.2) is 0 Å². The molecule has 1 saturated carbocycles. The van der Waals surface area contributed by atoms with Crippen molar-refractivity contribution in [3.8, 4) is 6.07 Å². The van der Waals surface area contributed by atoms with E-state index >= 15 is 0 Å². The summed E-state index contributed by atoms with van der Waals surface area (Å²) in [4.78, 5) is 33.0. The number of carbonyl (C=O) groups is 2. The van der Waals surface area contributed by atoms with Gasteiger partial charge in [-0.05, 0) is 62.8 Å². The Morgan fingerprint density at radius 2 is 1.97 bits per heavy atom. The number of nitriles is 1. The molecule has 33 heavy (non-hydrogen) atoms. The number of hydrogen-bond acceptors (Lipinski definition) is 5. The van der Waals surface area contributed by atoms with Crippen molar-refractivity contribution in [3.05, 3.63) is 59.3 Å². The van der Waals surface area contributed by atoms with Crippen LogP contribution in [0.2, 0.25) is 0 Å². The van der Waals surface area contributed by atoms with E-state index in [1.54, 1.807) is 36.3 Å². The van der Waals surface area contributed by atoms with Crippen molar-refractivity contribution in [2.24, 2.45) is 4.99 Å². The highest BCUT2D eigenvalue weighted by atomic mass is 16.5. The van der Waals surface area contributed by atoms with Gasteiger partial charge in [-0.15, -0.1) is 0 Å². The second-order valence-electron chi connectivity index (χ2n) is 8.96. The number of rotatable bonds is 6. The summed E-state index contributed by atoms with van der Waals surface area (Å²) in [6.07, 6.45) is 11.9. The number of benzene rings is 1. The molecule has 1 spiro atoms. The van der Waals surface area contributed by atoms with Crippen LogP contribution in [0.15, 0.2) is 53.2 Å². The minimum absolute atomic E-state index is 0.0562. The quantitative estimate of drug-likeness (QED) is 0.722. The third kappa shape index (κ3) is 4.49. The normalized spacial score (nSPS) is 23.8. The van der Waals surface area contributed by atoms with Crippen LogP contribution in [0.1, 0.15) is 63.0 Å². The van der Waals surface area contributed by atoms with Crippen LogP contribution in [0.3, 0.4) is 0 Å². The van der Waals surface area contributed by atoms with Crippen molar-refractivity contribution >= 4 is 17.5 Å². The summed E-state index contributed by atoms with van der Waals surface area (Å²) in [7, 11) is 1.68. The van der Waals surface area contributed by atoms with E-state index in [-0.39, 0.29) is 18.4 Å². The van der Waals surface area contributed by atoms with Gasteiger partial charge in [0.25, 0.3) is 5.91 Å². The van der Waals surface area contributed by atoms with Crippen molar-refractivity contribution in [3.63, 3.8) is 0 Å². The van der Waals surface area contributed by atoms with E-state index in [4.69, 9.17) is 15.0 Å². The van der Waals surface area contributed by atoms with Crippen molar-refractivity contribution in [1.82, 2.24) is 10.2 Å². The third-order valence-corrected chi connectivity index (χ3v) is 6.98. The molecular formula is C26H30N4O3. The first-order valence-electron chi connectivity index (χ1n) is 11.6. The molecule has 7 heteroatoms. The molecule has 0 radical (unpaired) electrons. The third-order valence-electron chi connectivity index (χ3n) is 6.98.